The van der Waals surface area contributed by atoms with Crippen molar-refractivity contribution < 1.29 is 4.74 Å². The number of aryl methyl sites for hydroxylation is 1. The Morgan fingerprint density at radius 3 is 2.83 bits per heavy atom. The Morgan fingerprint density at radius 1 is 1.39 bits per heavy atom. The topological polar surface area (TPSA) is 21.3 Å². The van der Waals surface area contributed by atoms with E-state index >= 15 is 0 Å². The lowest BCUT2D eigenvalue weighted by Gasteiger charge is -2.31. The Morgan fingerprint density at radius 2 is 2.17 bits per heavy atom. The molecule has 0 amide bonds. The number of hydrogen-bond acceptors (Lipinski definition) is 2. The normalized spacial score (nSPS) is 18.6. The van der Waals surface area contributed by atoms with Crippen molar-refractivity contribution >= 4 is 0 Å². The molecule has 18 heavy (non-hydrogen) atoms. The van der Waals surface area contributed by atoms with Gasteiger partial charge in [0.2, 0.25) is 0 Å². The van der Waals surface area contributed by atoms with E-state index in [4.69, 9.17) is 4.74 Å². The van der Waals surface area contributed by atoms with Gasteiger partial charge in [0, 0.05) is 18.0 Å². The predicted molar refractivity (Wildman–Crippen MR) is 76.4 cm³/mol. The molecule has 1 heterocycles. The maximum Gasteiger partial charge on any atom is 0.127 e. The van der Waals surface area contributed by atoms with E-state index in [2.05, 4.69) is 45.1 Å². The van der Waals surface area contributed by atoms with E-state index in [1.807, 2.05) is 0 Å². The number of fused-ring (bicyclic) bond motifs is 1. The second kappa shape index (κ2) is 5.75. The highest BCUT2D eigenvalue weighted by atomic mass is 16.5. The summed E-state index contributed by atoms with van der Waals surface area (Å²) in [7, 11) is 0. The summed E-state index contributed by atoms with van der Waals surface area (Å²) < 4.78 is 5.92. The van der Waals surface area contributed by atoms with E-state index in [-0.39, 0.29) is 0 Å². The van der Waals surface area contributed by atoms with Gasteiger partial charge in [-0.05, 0) is 36.9 Å². The lowest BCUT2D eigenvalue weighted by atomic mass is 9.87. The van der Waals surface area contributed by atoms with E-state index in [9.17, 15) is 0 Å². The maximum atomic E-state index is 5.92. The third kappa shape index (κ3) is 2.54. The molecule has 2 rings (SSSR count). The molecule has 0 spiro atoms. The number of ether oxygens (including phenoxy) is 1. The van der Waals surface area contributed by atoms with E-state index in [1.165, 1.54) is 23.1 Å². The lowest BCUT2D eigenvalue weighted by molar-refractivity contribution is 0.250. The minimum atomic E-state index is 0.464. The molecule has 1 aliphatic heterocycles. The second-order valence-corrected chi connectivity index (χ2v) is 5.51. The summed E-state index contributed by atoms with van der Waals surface area (Å²) in [6.07, 6.45) is 2.26. The molecule has 0 aliphatic carbocycles. The van der Waals surface area contributed by atoms with E-state index in [1.54, 1.807) is 0 Å². The van der Waals surface area contributed by atoms with Crippen LogP contribution in [0.4, 0.5) is 0 Å². The monoisotopic (exact) mass is 247 g/mol. The van der Waals surface area contributed by atoms with E-state index in [0.717, 1.165) is 25.3 Å². The van der Waals surface area contributed by atoms with Crippen LogP contribution in [0.25, 0.3) is 0 Å². The van der Waals surface area contributed by atoms with Gasteiger partial charge >= 0.3 is 0 Å². The van der Waals surface area contributed by atoms with Crippen LogP contribution in [-0.2, 0) is 0 Å². The number of benzene rings is 1. The van der Waals surface area contributed by atoms with Gasteiger partial charge in [0.05, 0.1) is 6.61 Å². The van der Waals surface area contributed by atoms with Gasteiger partial charge in [-0.3, -0.25) is 0 Å². The third-order valence-corrected chi connectivity index (χ3v) is 3.69. The van der Waals surface area contributed by atoms with Crippen molar-refractivity contribution in [2.75, 3.05) is 13.2 Å². The summed E-state index contributed by atoms with van der Waals surface area (Å²) in [6, 6.07) is 4.93. The smallest absolute Gasteiger partial charge is 0.127 e. The van der Waals surface area contributed by atoms with Crippen molar-refractivity contribution in [3.8, 4) is 5.75 Å². The zero-order valence-electron chi connectivity index (χ0n) is 12.0. The molecule has 1 aromatic carbocycles. The highest BCUT2D eigenvalue weighted by Gasteiger charge is 2.26. The summed E-state index contributed by atoms with van der Waals surface area (Å²) in [5.74, 6) is 1.67. The van der Waals surface area contributed by atoms with Crippen LogP contribution in [0.5, 0.6) is 5.75 Å². The standard InChI is InChI=1S/C16H25NO/c1-5-9-17-14-8-10-18-16-12(4)6-7-13(11(2)3)15(14)16/h6-7,11,14,17H,5,8-10H2,1-4H3. The maximum absolute atomic E-state index is 5.92. The van der Waals surface area contributed by atoms with Crippen LogP contribution in [0, 0.1) is 6.92 Å². The highest BCUT2D eigenvalue weighted by Crippen LogP contribution is 2.39. The van der Waals surface area contributed by atoms with Crippen LogP contribution >= 0.6 is 0 Å². The van der Waals surface area contributed by atoms with Gasteiger partial charge in [-0.1, -0.05) is 32.9 Å². The van der Waals surface area contributed by atoms with Crippen molar-refractivity contribution in [3.63, 3.8) is 0 Å². The van der Waals surface area contributed by atoms with Crippen LogP contribution in [0.2, 0.25) is 0 Å². The summed E-state index contributed by atoms with van der Waals surface area (Å²) in [6.45, 7) is 10.8. The van der Waals surface area contributed by atoms with Gasteiger partial charge < -0.3 is 10.1 Å². The molecule has 0 saturated carbocycles. The summed E-state index contributed by atoms with van der Waals surface area (Å²) in [4.78, 5) is 0. The van der Waals surface area contributed by atoms with Gasteiger partial charge in [-0.2, -0.15) is 0 Å². The van der Waals surface area contributed by atoms with E-state index in [0.29, 0.717) is 12.0 Å². The molecular weight excluding hydrogens is 222 g/mol. The fraction of sp³-hybridized carbons (Fsp3) is 0.625. The van der Waals surface area contributed by atoms with Gasteiger partial charge in [0.15, 0.2) is 0 Å². The van der Waals surface area contributed by atoms with Gasteiger partial charge in [0.25, 0.3) is 0 Å². The Kier molecular flexibility index (Phi) is 4.28. The molecule has 0 aromatic heterocycles. The number of nitrogens with one attached hydrogen (secondary N) is 1. The second-order valence-electron chi connectivity index (χ2n) is 5.51. The van der Waals surface area contributed by atoms with Crippen molar-refractivity contribution in [2.45, 2.75) is 52.5 Å². The molecule has 1 aromatic rings. The SMILES string of the molecule is CCCNC1CCOc2c(C)ccc(C(C)C)c21. The fourth-order valence-corrected chi connectivity index (χ4v) is 2.72. The Labute approximate surface area is 111 Å². The molecular formula is C16H25NO. The Balaban J connectivity index is 2.41. The summed E-state index contributed by atoms with van der Waals surface area (Å²) >= 11 is 0. The quantitative estimate of drug-likeness (QED) is 0.870. The van der Waals surface area contributed by atoms with E-state index < -0.39 is 0 Å². The zero-order valence-corrected chi connectivity index (χ0v) is 12.0. The molecule has 0 saturated heterocycles. The molecule has 1 atom stereocenters. The Hall–Kier alpha value is -1.02. The number of hydrogen-bond donors (Lipinski definition) is 1. The van der Waals surface area contributed by atoms with Gasteiger partial charge in [-0.25, -0.2) is 0 Å². The Bertz CT molecular complexity index is 412. The van der Waals surface area contributed by atoms with Crippen LogP contribution in [0.1, 0.15) is 62.3 Å². The summed E-state index contributed by atoms with van der Waals surface area (Å²) in [5.41, 5.74) is 4.10. The molecule has 0 radical (unpaired) electrons. The molecule has 2 heteroatoms. The molecule has 0 fully saturated rings. The zero-order chi connectivity index (χ0) is 13.1. The first-order chi connectivity index (χ1) is 8.65. The molecule has 1 N–H and O–H groups in total. The lowest BCUT2D eigenvalue weighted by Crippen LogP contribution is -2.29. The fourth-order valence-electron chi connectivity index (χ4n) is 2.72. The largest absolute Gasteiger partial charge is 0.493 e. The molecule has 100 valence electrons. The average molecular weight is 247 g/mol. The van der Waals surface area contributed by atoms with Crippen LogP contribution < -0.4 is 10.1 Å². The van der Waals surface area contributed by atoms with Crippen molar-refractivity contribution in [1.29, 1.82) is 0 Å². The molecule has 2 nitrogen and oxygen atoms in total. The first-order valence-corrected chi connectivity index (χ1v) is 7.14. The highest BCUT2D eigenvalue weighted by molar-refractivity contribution is 5.50. The van der Waals surface area contributed by atoms with Crippen molar-refractivity contribution in [3.05, 3.63) is 28.8 Å². The third-order valence-electron chi connectivity index (χ3n) is 3.69. The molecule has 1 unspecified atom stereocenters. The minimum Gasteiger partial charge on any atom is -0.493 e. The van der Waals surface area contributed by atoms with Crippen molar-refractivity contribution in [2.24, 2.45) is 0 Å². The molecule has 1 aliphatic rings. The van der Waals surface area contributed by atoms with Gasteiger partial charge in [0.1, 0.15) is 5.75 Å². The van der Waals surface area contributed by atoms with Crippen LogP contribution in [0.3, 0.4) is 0 Å². The van der Waals surface area contributed by atoms with Crippen molar-refractivity contribution in [1.82, 2.24) is 5.32 Å². The summed E-state index contributed by atoms with van der Waals surface area (Å²) in [5, 5.41) is 3.67. The first kappa shape index (κ1) is 13.4. The molecule has 0 bridgehead atoms. The van der Waals surface area contributed by atoms with Gasteiger partial charge in [-0.15, -0.1) is 0 Å². The van der Waals surface area contributed by atoms with Crippen LogP contribution in [0.15, 0.2) is 12.1 Å². The average Bonchev–Trinajstić information content (AvgIpc) is 2.36. The van der Waals surface area contributed by atoms with Crippen LogP contribution in [-0.4, -0.2) is 13.2 Å². The first-order valence-electron chi connectivity index (χ1n) is 7.14. The number of rotatable bonds is 4. The predicted octanol–water partition coefficient (Wildman–Crippen LogP) is 3.94. The minimum absolute atomic E-state index is 0.464.